The van der Waals surface area contributed by atoms with Gasteiger partial charge in [-0.3, -0.25) is 0 Å². The fraction of sp³-hybridized carbons (Fsp3) is 0.160. The molecule has 0 amide bonds. The van der Waals surface area contributed by atoms with Gasteiger partial charge in [0.1, 0.15) is 6.61 Å². The summed E-state index contributed by atoms with van der Waals surface area (Å²) < 4.78 is 83.0. The zero-order valence-corrected chi connectivity index (χ0v) is 17.8. The average molecular weight is 496 g/mol. The Balaban J connectivity index is 1.99. The van der Waals surface area contributed by atoms with Crippen LogP contribution in [0.4, 0.5) is 26.3 Å². The summed E-state index contributed by atoms with van der Waals surface area (Å²) in [6, 6.07) is 14.1. The van der Waals surface area contributed by atoms with Gasteiger partial charge in [0.25, 0.3) is 0 Å². The second-order valence-electron chi connectivity index (χ2n) is 7.46. The van der Waals surface area contributed by atoms with E-state index in [2.05, 4.69) is 0 Å². The van der Waals surface area contributed by atoms with Crippen molar-refractivity contribution in [3.05, 3.63) is 113 Å². The number of ether oxygens (including phenoxy) is 1. The van der Waals surface area contributed by atoms with Crippen molar-refractivity contribution >= 4 is 11.5 Å². The summed E-state index contributed by atoms with van der Waals surface area (Å²) in [4.78, 5) is 13.1. The first kappa shape index (κ1) is 25.8. The van der Waals surface area contributed by atoms with Crippen molar-refractivity contribution in [3.8, 4) is 0 Å². The van der Waals surface area contributed by atoms with Crippen LogP contribution in [0.1, 0.15) is 27.8 Å². The molecule has 4 nitrogen and oxygen atoms in total. The van der Waals surface area contributed by atoms with E-state index >= 15 is 0 Å². The lowest BCUT2D eigenvalue weighted by Crippen LogP contribution is -2.39. The van der Waals surface area contributed by atoms with Crippen molar-refractivity contribution in [1.82, 2.24) is 0 Å². The van der Waals surface area contributed by atoms with Gasteiger partial charge in [-0.25, -0.2) is 4.79 Å². The van der Waals surface area contributed by atoms with E-state index < -0.39 is 41.7 Å². The van der Waals surface area contributed by atoms with E-state index in [1.54, 1.807) is 30.3 Å². The summed E-state index contributed by atoms with van der Waals surface area (Å²) in [5.74, 6) is -1.37. The number of aliphatic hydroxyl groups is 2. The van der Waals surface area contributed by atoms with Crippen molar-refractivity contribution in [3.63, 3.8) is 0 Å². The molecule has 0 saturated carbocycles. The van der Waals surface area contributed by atoms with Crippen molar-refractivity contribution in [2.24, 2.45) is 0 Å². The summed E-state index contributed by atoms with van der Waals surface area (Å²) in [5, 5.41) is 20.9. The van der Waals surface area contributed by atoms with Crippen LogP contribution in [0.2, 0.25) is 0 Å². The zero-order chi connectivity index (χ0) is 25.9. The number of hydrogen-bond acceptors (Lipinski definition) is 4. The third kappa shape index (κ3) is 5.65. The summed E-state index contributed by atoms with van der Waals surface area (Å²) in [5.41, 5.74) is -4.95. The molecule has 35 heavy (non-hydrogen) atoms. The van der Waals surface area contributed by atoms with Gasteiger partial charge in [-0.05, 0) is 41.0 Å². The molecule has 0 fully saturated rings. The van der Waals surface area contributed by atoms with Crippen LogP contribution < -0.4 is 0 Å². The molecule has 0 radical (unpaired) electrons. The monoisotopic (exact) mass is 496 g/mol. The number of hydrogen-bond donors (Lipinski definition) is 2. The summed E-state index contributed by atoms with van der Waals surface area (Å²) in [7, 11) is 0. The zero-order valence-electron chi connectivity index (χ0n) is 17.8. The lowest BCUT2D eigenvalue weighted by Gasteiger charge is -2.28. The lowest BCUT2D eigenvalue weighted by atomic mass is 9.85. The van der Waals surface area contributed by atoms with Gasteiger partial charge in [0.15, 0.2) is 0 Å². The standard InChI is InChI=1S/C25H18F6O4/c26-24(27,28)20-10-6-18(7-11-20)23(34,19-8-12-21(13-9-19)25(29,30)31)22(33)35-15-17(14-32)16-4-2-1-3-5-16/h1-14,32,34H,15H2. The van der Waals surface area contributed by atoms with E-state index in [9.17, 15) is 41.4 Å². The van der Waals surface area contributed by atoms with E-state index in [1.165, 1.54) is 0 Å². The van der Waals surface area contributed by atoms with Gasteiger partial charge in [0.05, 0.1) is 17.4 Å². The van der Waals surface area contributed by atoms with Crippen LogP contribution in [0.15, 0.2) is 85.1 Å². The summed E-state index contributed by atoms with van der Waals surface area (Å²) in [6.07, 6.45) is -8.71. The number of carbonyl (C=O) groups excluding carboxylic acids is 1. The van der Waals surface area contributed by atoms with Crippen LogP contribution in [-0.4, -0.2) is 22.8 Å². The Bertz CT molecular complexity index is 1120. The topological polar surface area (TPSA) is 66.8 Å². The maximum Gasteiger partial charge on any atom is 0.416 e. The maximum absolute atomic E-state index is 13.1. The molecule has 0 aliphatic carbocycles. The molecule has 0 unspecified atom stereocenters. The van der Waals surface area contributed by atoms with Gasteiger partial charge in [0.2, 0.25) is 5.60 Å². The smallest absolute Gasteiger partial charge is 0.416 e. The Morgan fingerprint density at radius 3 is 1.49 bits per heavy atom. The van der Waals surface area contributed by atoms with Gasteiger partial charge in [0, 0.05) is 5.57 Å². The predicted octanol–water partition coefficient (Wildman–Crippen LogP) is 6.10. The number of aliphatic hydroxyl groups excluding tert-OH is 1. The Hall–Kier alpha value is -3.79. The molecular formula is C25H18F6O4. The van der Waals surface area contributed by atoms with Crippen LogP contribution in [0, 0.1) is 0 Å². The predicted molar refractivity (Wildman–Crippen MR) is 114 cm³/mol. The largest absolute Gasteiger partial charge is 0.515 e. The van der Waals surface area contributed by atoms with E-state index in [0.717, 1.165) is 24.3 Å². The third-order valence-electron chi connectivity index (χ3n) is 5.21. The summed E-state index contributed by atoms with van der Waals surface area (Å²) in [6.45, 7) is -0.539. The second kappa shape index (κ2) is 9.83. The fourth-order valence-electron chi connectivity index (χ4n) is 3.30. The van der Waals surface area contributed by atoms with E-state index in [-0.39, 0.29) is 16.7 Å². The SMILES string of the molecule is O=C(OCC(=CO)c1ccccc1)C(O)(c1ccc(C(F)(F)F)cc1)c1ccc(C(F)(F)F)cc1. The molecule has 0 heterocycles. The lowest BCUT2D eigenvalue weighted by molar-refractivity contribution is -0.160. The van der Waals surface area contributed by atoms with Gasteiger partial charge < -0.3 is 14.9 Å². The van der Waals surface area contributed by atoms with E-state index in [4.69, 9.17) is 4.74 Å². The van der Waals surface area contributed by atoms with Crippen LogP contribution in [0.5, 0.6) is 0 Å². The Morgan fingerprint density at radius 1 is 0.714 bits per heavy atom. The average Bonchev–Trinajstić information content (AvgIpc) is 2.83. The molecule has 3 rings (SSSR count). The second-order valence-corrected chi connectivity index (χ2v) is 7.46. The molecule has 0 spiro atoms. The quantitative estimate of drug-likeness (QED) is 0.246. The maximum atomic E-state index is 13.1. The molecule has 0 atom stereocenters. The van der Waals surface area contributed by atoms with Gasteiger partial charge >= 0.3 is 18.3 Å². The number of alkyl halides is 6. The van der Waals surface area contributed by atoms with Crippen molar-refractivity contribution < 1.29 is 46.1 Å². The highest BCUT2D eigenvalue weighted by Gasteiger charge is 2.43. The number of esters is 1. The fourth-order valence-corrected chi connectivity index (χ4v) is 3.30. The molecule has 2 N–H and O–H groups in total. The normalized spacial score (nSPS) is 12.9. The third-order valence-corrected chi connectivity index (χ3v) is 5.21. The minimum atomic E-state index is -4.69. The number of halogens is 6. The van der Waals surface area contributed by atoms with Gasteiger partial charge in [-0.2, -0.15) is 26.3 Å². The van der Waals surface area contributed by atoms with Crippen LogP contribution in [-0.2, 0) is 27.5 Å². The first-order valence-corrected chi connectivity index (χ1v) is 10.0. The highest BCUT2D eigenvalue weighted by atomic mass is 19.4. The first-order valence-electron chi connectivity index (χ1n) is 10.0. The molecule has 0 bridgehead atoms. The molecule has 0 saturated heterocycles. The Morgan fingerprint density at radius 2 is 1.11 bits per heavy atom. The molecule has 184 valence electrons. The minimum absolute atomic E-state index is 0.140. The molecule has 0 aliphatic rings. The molecular weight excluding hydrogens is 478 g/mol. The van der Waals surface area contributed by atoms with Crippen LogP contribution in [0.3, 0.4) is 0 Å². The van der Waals surface area contributed by atoms with Crippen molar-refractivity contribution in [2.75, 3.05) is 6.61 Å². The minimum Gasteiger partial charge on any atom is -0.515 e. The first-order chi connectivity index (χ1) is 16.4. The van der Waals surface area contributed by atoms with Crippen LogP contribution in [0.25, 0.3) is 5.57 Å². The highest BCUT2D eigenvalue weighted by Crippen LogP contribution is 2.37. The van der Waals surface area contributed by atoms with E-state index in [1.807, 2.05) is 0 Å². The molecule has 3 aromatic carbocycles. The number of rotatable bonds is 6. The number of carbonyl (C=O) groups is 1. The van der Waals surface area contributed by atoms with Gasteiger partial charge in [-0.1, -0.05) is 54.6 Å². The Labute approximate surface area is 195 Å². The van der Waals surface area contributed by atoms with Crippen LogP contribution >= 0.6 is 0 Å². The summed E-state index contributed by atoms with van der Waals surface area (Å²) >= 11 is 0. The van der Waals surface area contributed by atoms with Gasteiger partial charge in [-0.15, -0.1) is 0 Å². The van der Waals surface area contributed by atoms with Crippen molar-refractivity contribution in [2.45, 2.75) is 18.0 Å². The molecule has 10 heteroatoms. The highest BCUT2D eigenvalue weighted by molar-refractivity contribution is 5.86. The number of benzene rings is 3. The molecule has 0 aromatic heterocycles. The molecule has 3 aromatic rings. The van der Waals surface area contributed by atoms with E-state index in [0.29, 0.717) is 36.1 Å². The van der Waals surface area contributed by atoms with Crippen molar-refractivity contribution in [1.29, 1.82) is 0 Å². The molecule has 0 aliphatic heterocycles. The Kier molecular flexibility index (Phi) is 7.25.